The van der Waals surface area contributed by atoms with Gasteiger partial charge >= 0.3 is 11.9 Å². The van der Waals surface area contributed by atoms with Crippen molar-refractivity contribution in [1.82, 2.24) is 0 Å². The van der Waals surface area contributed by atoms with Crippen LogP contribution in [0.15, 0.2) is 94.6 Å². The molecule has 0 amide bonds. The van der Waals surface area contributed by atoms with Crippen LogP contribution in [-0.2, 0) is 19.1 Å². The highest BCUT2D eigenvalue weighted by Crippen LogP contribution is 2.30. The molecule has 1 aliphatic rings. The summed E-state index contributed by atoms with van der Waals surface area (Å²) in [6.07, 6.45) is 3.09. The number of carbonyl (C=O) groups is 2. The summed E-state index contributed by atoms with van der Waals surface area (Å²) in [6.45, 7) is 2.61. The van der Waals surface area contributed by atoms with Gasteiger partial charge in [0.15, 0.2) is 11.5 Å². The minimum Gasteiger partial charge on any atom is -0.424 e. The fourth-order valence-electron chi connectivity index (χ4n) is 2.57. The highest BCUT2D eigenvalue weighted by molar-refractivity contribution is 5.78. The van der Waals surface area contributed by atoms with Crippen molar-refractivity contribution in [2.75, 3.05) is 0 Å². The Kier molecular flexibility index (Phi) is 5.91. The number of benzene rings is 2. The fraction of sp³-hybridized carbons (Fsp3) is 0.0909. The van der Waals surface area contributed by atoms with Crippen LogP contribution in [0.3, 0.4) is 0 Å². The number of hydrogen-bond donors (Lipinski definition) is 0. The summed E-state index contributed by atoms with van der Waals surface area (Å²) in [6, 6.07) is 18.5. The Morgan fingerprint density at radius 1 is 0.643 bits per heavy atom. The molecule has 0 aromatic heterocycles. The number of hydrogen-bond acceptors (Lipinski definition) is 6. The van der Waals surface area contributed by atoms with Crippen LogP contribution in [0.5, 0.6) is 0 Å². The second-order valence-electron chi connectivity index (χ2n) is 5.88. The van der Waals surface area contributed by atoms with Gasteiger partial charge in [0.1, 0.15) is 11.4 Å². The van der Waals surface area contributed by atoms with Gasteiger partial charge in [-0.3, -0.25) is 9.59 Å². The van der Waals surface area contributed by atoms with Crippen LogP contribution in [0.1, 0.15) is 25.0 Å². The van der Waals surface area contributed by atoms with Crippen molar-refractivity contribution in [3.63, 3.8) is 0 Å². The SMILES string of the molecule is CC(=O)OC1=C(c2ccccc2)/N=N/C(c2ccccc2)=C(OC(C)=O)\C=C/1. The molecule has 0 atom stereocenters. The fourth-order valence-corrected chi connectivity index (χ4v) is 2.57. The van der Waals surface area contributed by atoms with Gasteiger partial charge in [0, 0.05) is 25.0 Å². The lowest BCUT2D eigenvalue weighted by atomic mass is 10.1. The first-order chi connectivity index (χ1) is 13.5. The van der Waals surface area contributed by atoms with Crippen molar-refractivity contribution in [1.29, 1.82) is 0 Å². The molecule has 0 spiro atoms. The molecular weight excluding hydrogens is 356 g/mol. The molecule has 28 heavy (non-hydrogen) atoms. The maximum absolute atomic E-state index is 11.6. The van der Waals surface area contributed by atoms with Crippen LogP contribution in [0.4, 0.5) is 0 Å². The molecule has 2 aromatic carbocycles. The monoisotopic (exact) mass is 374 g/mol. The minimum absolute atomic E-state index is 0.208. The molecule has 6 nitrogen and oxygen atoms in total. The largest absolute Gasteiger partial charge is 0.424 e. The second-order valence-corrected chi connectivity index (χ2v) is 5.88. The van der Waals surface area contributed by atoms with E-state index in [1.165, 1.54) is 13.8 Å². The van der Waals surface area contributed by atoms with Crippen molar-refractivity contribution in [3.8, 4) is 0 Å². The van der Waals surface area contributed by atoms with Crippen molar-refractivity contribution in [2.45, 2.75) is 13.8 Å². The number of azo groups is 1. The summed E-state index contributed by atoms with van der Waals surface area (Å²) >= 11 is 0. The van der Waals surface area contributed by atoms with Crippen molar-refractivity contribution in [2.24, 2.45) is 10.2 Å². The first-order valence-electron chi connectivity index (χ1n) is 8.60. The number of nitrogens with zero attached hydrogens (tertiary/aromatic N) is 2. The summed E-state index contributed by atoms with van der Waals surface area (Å²) < 4.78 is 10.7. The van der Waals surface area contributed by atoms with Gasteiger partial charge in [0.05, 0.1) is 0 Å². The van der Waals surface area contributed by atoms with Crippen LogP contribution in [0, 0.1) is 0 Å². The predicted molar refractivity (Wildman–Crippen MR) is 104 cm³/mol. The van der Waals surface area contributed by atoms with Gasteiger partial charge in [-0.05, 0) is 12.2 Å². The van der Waals surface area contributed by atoms with Crippen LogP contribution < -0.4 is 0 Å². The van der Waals surface area contributed by atoms with E-state index in [1.54, 1.807) is 12.2 Å². The third-order valence-corrected chi connectivity index (χ3v) is 3.70. The van der Waals surface area contributed by atoms with E-state index in [0.29, 0.717) is 11.4 Å². The van der Waals surface area contributed by atoms with Gasteiger partial charge in [-0.1, -0.05) is 60.7 Å². The van der Waals surface area contributed by atoms with E-state index in [9.17, 15) is 9.59 Å². The molecule has 0 fully saturated rings. The number of carbonyl (C=O) groups excluding carboxylic acids is 2. The molecule has 3 rings (SSSR count). The van der Waals surface area contributed by atoms with Gasteiger partial charge in [-0.25, -0.2) is 0 Å². The lowest BCUT2D eigenvalue weighted by molar-refractivity contribution is -0.137. The van der Waals surface area contributed by atoms with E-state index in [2.05, 4.69) is 10.2 Å². The average Bonchev–Trinajstić information content (AvgIpc) is 2.67. The van der Waals surface area contributed by atoms with Crippen LogP contribution in [0.25, 0.3) is 11.4 Å². The van der Waals surface area contributed by atoms with E-state index in [1.807, 2.05) is 60.7 Å². The summed E-state index contributed by atoms with van der Waals surface area (Å²) in [7, 11) is 0. The van der Waals surface area contributed by atoms with Gasteiger partial charge < -0.3 is 9.47 Å². The third kappa shape index (κ3) is 4.67. The van der Waals surface area contributed by atoms with Gasteiger partial charge in [-0.15, -0.1) is 10.2 Å². The minimum atomic E-state index is -0.495. The van der Waals surface area contributed by atoms with Crippen molar-refractivity contribution in [3.05, 3.63) is 95.5 Å². The average molecular weight is 374 g/mol. The van der Waals surface area contributed by atoms with E-state index < -0.39 is 11.9 Å². The maximum Gasteiger partial charge on any atom is 0.308 e. The smallest absolute Gasteiger partial charge is 0.308 e. The molecule has 0 N–H and O–H groups in total. The van der Waals surface area contributed by atoms with E-state index >= 15 is 0 Å². The second kappa shape index (κ2) is 8.73. The molecular formula is C22H18N2O4. The molecule has 1 aliphatic heterocycles. The van der Waals surface area contributed by atoms with Gasteiger partial charge in [0.2, 0.25) is 0 Å². The summed E-state index contributed by atoms with van der Waals surface area (Å²) in [4.78, 5) is 23.1. The number of allylic oxidation sites excluding steroid dienone is 2. The Labute approximate surface area is 162 Å². The highest BCUT2D eigenvalue weighted by atomic mass is 16.5. The first kappa shape index (κ1) is 19.0. The summed E-state index contributed by atoms with van der Waals surface area (Å²) in [5.41, 5.74) is 2.25. The molecule has 2 aromatic rings. The Morgan fingerprint density at radius 3 is 1.32 bits per heavy atom. The Balaban J connectivity index is 2.16. The Bertz CT molecular complexity index is 922. The molecule has 140 valence electrons. The number of esters is 2. The van der Waals surface area contributed by atoms with Crippen molar-refractivity contribution < 1.29 is 19.1 Å². The lowest BCUT2D eigenvalue weighted by Gasteiger charge is -2.13. The van der Waals surface area contributed by atoms with Gasteiger partial charge in [0.25, 0.3) is 0 Å². The molecule has 0 bridgehead atoms. The maximum atomic E-state index is 11.6. The van der Waals surface area contributed by atoms with Crippen LogP contribution >= 0.6 is 0 Å². The van der Waals surface area contributed by atoms with Gasteiger partial charge in [-0.2, -0.15) is 0 Å². The molecule has 6 heteroatoms. The quantitative estimate of drug-likeness (QED) is 0.715. The normalized spacial score (nSPS) is 21.2. The third-order valence-electron chi connectivity index (χ3n) is 3.70. The zero-order valence-corrected chi connectivity index (χ0v) is 15.5. The summed E-state index contributed by atoms with van der Waals surface area (Å²) in [5.74, 6) is -0.575. The number of ether oxygens (including phenoxy) is 2. The van der Waals surface area contributed by atoms with Crippen LogP contribution in [0.2, 0.25) is 0 Å². The molecule has 0 saturated heterocycles. The Hall–Kier alpha value is -3.80. The molecule has 0 saturated carbocycles. The molecule has 0 aliphatic carbocycles. The number of rotatable bonds is 4. The topological polar surface area (TPSA) is 77.3 Å². The molecule has 1 heterocycles. The van der Waals surface area contributed by atoms with E-state index in [4.69, 9.17) is 9.47 Å². The van der Waals surface area contributed by atoms with Crippen LogP contribution in [-0.4, -0.2) is 11.9 Å². The highest BCUT2D eigenvalue weighted by Gasteiger charge is 2.17. The zero-order chi connectivity index (χ0) is 19.9. The predicted octanol–water partition coefficient (Wildman–Crippen LogP) is 4.87. The Morgan fingerprint density at radius 2 is 1.00 bits per heavy atom. The molecule has 0 radical (unpaired) electrons. The first-order valence-corrected chi connectivity index (χ1v) is 8.60. The van der Waals surface area contributed by atoms with E-state index in [0.717, 1.165) is 11.1 Å². The molecule has 0 unspecified atom stereocenters. The van der Waals surface area contributed by atoms with E-state index in [-0.39, 0.29) is 11.5 Å². The lowest BCUT2D eigenvalue weighted by Crippen LogP contribution is -2.04. The standard InChI is InChI=1S/C22H18N2O4/c1-15(25)27-19-13-14-20(28-16(2)26)22(18-11-7-4-8-12-18)24-23-21(19)17-9-5-3-6-10-17/h3-14H,1-2H3/b14-13-,19-13?,20-14?,21-19-,22-20+,23-21?,24-22?,24-23+. The zero-order valence-electron chi connectivity index (χ0n) is 15.5. The summed E-state index contributed by atoms with van der Waals surface area (Å²) in [5, 5.41) is 8.66. The van der Waals surface area contributed by atoms with Crippen molar-refractivity contribution >= 4 is 23.3 Å².